The summed E-state index contributed by atoms with van der Waals surface area (Å²) in [7, 11) is 0. The number of urea groups is 1. The summed E-state index contributed by atoms with van der Waals surface area (Å²) in [5.41, 5.74) is 1.52. The molecule has 1 fully saturated rings. The van der Waals surface area contributed by atoms with E-state index in [0.29, 0.717) is 12.1 Å². The van der Waals surface area contributed by atoms with Gasteiger partial charge >= 0.3 is 6.03 Å². The minimum absolute atomic E-state index is 0.320. The largest absolute Gasteiger partial charge is 0.350 e. The molecule has 0 aromatic heterocycles. The van der Waals surface area contributed by atoms with Crippen LogP contribution >= 0.6 is 0 Å². The first-order chi connectivity index (χ1) is 14.4. The first-order valence-electron chi connectivity index (χ1n) is 9.82. The Kier molecular flexibility index (Phi) is 4.99. The zero-order chi connectivity index (χ0) is 21.3. The summed E-state index contributed by atoms with van der Waals surface area (Å²) in [6, 6.07) is 20.8. The maximum atomic E-state index is 12.9. The molecule has 1 saturated heterocycles. The van der Waals surface area contributed by atoms with E-state index in [4.69, 9.17) is 0 Å². The lowest BCUT2D eigenvalue weighted by molar-refractivity contribution is -0.134. The zero-order valence-corrected chi connectivity index (χ0v) is 16.9. The van der Waals surface area contributed by atoms with Gasteiger partial charge in [-0.15, -0.1) is 0 Å². The summed E-state index contributed by atoms with van der Waals surface area (Å²) >= 11 is 0. The highest BCUT2D eigenvalue weighted by molar-refractivity contribution is 6.09. The molecule has 2 N–H and O–H groups in total. The fourth-order valence-electron chi connectivity index (χ4n) is 3.67. The topological polar surface area (TPSA) is 78.5 Å². The van der Waals surface area contributed by atoms with Crippen molar-refractivity contribution in [3.63, 3.8) is 0 Å². The van der Waals surface area contributed by atoms with Crippen LogP contribution in [-0.4, -0.2) is 29.3 Å². The van der Waals surface area contributed by atoms with Crippen LogP contribution < -0.4 is 10.6 Å². The Labute approximate surface area is 174 Å². The Morgan fingerprint density at radius 2 is 1.70 bits per heavy atom. The number of amides is 4. The van der Waals surface area contributed by atoms with Crippen LogP contribution in [0.1, 0.15) is 23.6 Å². The van der Waals surface area contributed by atoms with Gasteiger partial charge in [0.1, 0.15) is 12.1 Å². The van der Waals surface area contributed by atoms with Crippen LogP contribution in [0, 0.1) is 6.92 Å². The van der Waals surface area contributed by atoms with Gasteiger partial charge in [-0.05, 0) is 41.8 Å². The van der Waals surface area contributed by atoms with Gasteiger partial charge in [-0.2, -0.15) is 0 Å². The summed E-state index contributed by atoms with van der Waals surface area (Å²) in [6.45, 7) is 3.61. The lowest BCUT2D eigenvalue weighted by Crippen LogP contribution is -2.43. The summed E-state index contributed by atoms with van der Waals surface area (Å²) in [6.07, 6.45) is 0. The normalized spacial score (nSPS) is 18.5. The van der Waals surface area contributed by atoms with Crippen molar-refractivity contribution in [1.29, 1.82) is 0 Å². The van der Waals surface area contributed by atoms with Gasteiger partial charge in [-0.25, -0.2) is 4.79 Å². The molecule has 0 spiro atoms. The molecule has 6 nitrogen and oxygen atoms in total. The van der Waals surface area contributed by atoms with Crippen LogP contribution in [0.5, 0.6) is 0 Å². The zero-order valence-electron chi connectivity index (χ0n) is 16.9. The predicted octanol–water partition coefficient (Wildman–Crippen LogP) is 3.23. The van der Waals surface area contributed by atoms with Gasteiger partial charge in [0.05, 0.1) is 0 Å². The molecule has 4 rings (SSSR count). The number of aryl methyl sites for hydroxylation is 1. The van der Waals surface area contributed by atoms with E-state index >= 15 is 0 Å². The number of carbonyl (C=O) groups is 3. The second-order valence-corrected chi connectivity index (χ2v) is 7.77. The van der Waals surface area contributed by atoms with Gasteiger partial charge in [0.15, 0.2) is 0 Å². The average molecular weight is 401 g/mol. The predicted molar refractivity (Wildman–Crippen MR) is 115 cm³/mol. The van der Waals surface area contributed by atoms with Gasteiger partial charge < -0.3 is 10.6 Å². The quantitative estimate of drug-likeness (QED) is 0.645. The van der Waals surface area contributed by atoms with Crippen molar-refractivity contribution in [2.45, 2.75) is 25.9 Å². The highest BCUT2D eigenvalue weighted by Crippen LogP contribution is 2.28. The van der Waals surface area contributed by atoms with E-state index in [9.17, 15) is 14.4 Å². The molecule has 6 heteroatoms. The lowest BCUT2D eigenvalue weighted by Gasteiger charge is -2.22. The molecular weight excluding hydrogens is 378 g/mol. The van der Waals surface area contributed by atoms with Gasteiger partial charge in [0.2, 0.25) is 5.91 Å². The first kappa shape index (κ1) is 19.6. The molecule has 1 atom stereocenters. The number of rotatable bonds is 5. The Balaban J connectivity index is 1.41. The molecule has 1 heterocycles. The van der Waals surface area contributed by atoms with E-state index in [1.807, 2.05) is 73.7 Å². The van der Waals surface area contributed by atoms with Crippen molar-refractivity contribution in [2.75, 3.05) is 6.54 Å². The number of fused-ring (bicyclic) bond motifs is 1. The third kappa shape index (κ3) is 3.64. The van der Waals surface area contributed by atoms with E-state index in [1.165, 1.54) is 0 Å². The van der Waals surface area contributed by atoms with Gasteiger partial charge in [-0.3, -0.25) is 14.5 Å². The summed E-state index contributed by atoms with van der Waals surface area (Å²) in [4.78, 5) is 38.8. The molecule has 1 aliphatic heterocycles. The number of imide groups is 1. The van der Waals surface area contributed by atoms with Crippen LogP contribution in [0.4, 0.5) is 4.79 Å². The molecule has 0 bridgehead atoms. The smallest absolute Gasteiger partial charge is 0.325 e. The second-order valence-electron chi connectivity index (χ2n) is 7.77. The minimum Gasteiger partial charge on any atom is -0.350 e. The van der Waals surface area contributed by atoms with Crippen molar-refractivity contribution < 1.29 is 14.4 Å². The second kappa shape index (κ2) is 7.63. The number of nitrogens with zero attached hydrogens (tertiary/aromatic N) is 1. The standard InChI is InChI=1S/C24H23N3O3/c1-16-7-11-20(12-8-16)24(2)22(29)27(23(30)26-24)15-21(28)25-14-17-9-10-18-5-3-4-6-19(18)13-17/h3-13H,14-15H2,1-2H3,(H,25,28)(H,26,30). The number of hydrogen-bond acceptors (Lipinski definition) is 3. The highest BCUT2D eigenvalue weighted by atomic mass is 16.2. The maximum Gasteiger partial charge on any atom is 0.325 e. The fourth-order valence-corrected chi connectivity index (χ4v) is 3.67. The number of hydrogen-bond donors (Lipinski definition) is 2. The van der Waals surface area contributed by atoms with Crippen molar-refractivity contribution in [2.24, 2.45) is 0 Å². The third-order valence-corrected chi connectivity index (χ3v) is 5.51. The van der Waals surface area contributed by atoms with Crippen LogP contribution in [0.3, 0.4) is 0 Å². The van der Waals surface area contributed by atoms with Gasteiger partial charge in [-0.1, -0.05) is 66.2 Å². The van der Waals surface area contributed by atoms with E-state index in [0.717, 1.165) is 26.8 Å². The van der Waals surface area contributed by atoms with Crippen LogP contribution in [0.2, 0.25) is 0 Å². The van der Waals surface area contributed by atoms with Crippen molar-refractivity contribution in [3.8, 4) is 0 Å². The molecule has 1 aliphatic rings. The number of carbonyl (C=O) groups excluding carboxylic acids is 3. The Morgan fingerprint density at radius 3 is 2.43 bits per heavy atom. The molecular formula is C24H23N3O3. The van der Waals surface area contributed by atoms with E-state index < -0.39 is 17.5 Å². The molecule has 1 unspecified atom stereocenters. The Hall–Kier alpha value is -3.67. The lowest BCUT2D eigenvalue weighted by atomic mass is 9.91. The molecule has 3 aromatic carbocycles. The SMILES string of the molecule is Cc1ccc(C2(C)NC(=O)N(CC(=O)NCc3ccc4ccccc4c3)C2=O)cc1. The van der Waals surface area contributed by atoms with Crippen molar-refractivity contribution in [3.05, 3.63) is 83.4 Å². The molecule has 30 heavy (non-hydrogen) atoms. The molecule has 152 valence electrons. The maximum absolute atomic E-state index is 12.9. The number of nitrogens with one attached hydrogen (secondary N) is 2. The molecule has 3 aromatic rings. The average Bonchev–Trinajstić information content (AvgIpc) is 2.96. The Bertz CT molecular complexity index is 1140. The van der Waals surface area contributed by atoms with Crippen LogP contribution in [0.25, 0.3) is 10.8 Å². The summed E-state index contributed by atoms with van der Waals surface area (Å²) in [5, 5.41) is 7.73. The van der Waals surface area contributed by atoms with Crippen molar-refractivity contribution in [1.82, 2.24) is 15.5 Å². The highest BCUT2D eigenvalue weighted by Gasteiger charge is 2.49. The van der Waals surface area contributed by atoms with Crippen molar-refractivity contribution >= 4 is 28.6 Å². The molecule has 0 saturated carbocycles. The van der Waals surface area contributed by atoms with Crippen LogP contribution in [0.15, 0.2) is 66.7 Å². The van der Waals surface area contributed by atoms with E-state index in [2.05, 4.69) is 10.6 Å². The van der Waals surface area contributed by atoms with Gasteiger partial charge in [0, 0.05) is 6.54 Å². The van der Waals surface area contributed by atoms with E-state index in [1.54, 1.807) is 6.92 Å². The van der Waals surface area contributed by atoms with E-state index in [-0.39, 0.29) is 12.5 Å². The monoisotopic (exact) mass is 401 g/mol. The van der Waals surface area contributed by atoms with Gasteiger partial charge in [0.25, 0.3) is 5.91 Å². The summed E-state index contributed by atoms with van der Waals surface area (Å²) < 4.78 is 0. The fraction of sp³-hybridized carbons (Fsp3) is 0.208. The molecule has 4 amide bonds. The summed E-state index contributed by atoms with van der Waals surface area (Å²) in [5.74, 6) is -0.822. The first-order valence-corrected chi connectivity index (χ1v) is 9.82. The van der Waals surface area contributed by atoms with Crippen LogP contribution in [-0.2, 0) is 21.7 Å². The molecule has 0 radical (unpaired) electrons. The number of benzene rings is 3. The minimum atomic E-state index is -1.18. The third-order valence-electron chi connectivity index (χ3n) is 5.51. The molecule has 0 aliphatic carbocycles. The Morgan fingerprint density at radius 1 is 1.00 bits per heavy atom.